The molecule has 0 bridgehead atoms. The maximum Gasteiger partial charge on any atom is 0.332 e. The van der Waals surface area contributed by atoms with Crippen LogP contribution in [0.2, 0.25) is 0 Å². The molecule has 0 radical (unpaired) electrons. The summed E-state index contributed by atoms with van der Waals surface area (Å²) in [4.78, 5) is 10.4. The normalized spacial score (nSPS) is 11.3. The highest BCUT2D eigenvalue weighted by molar-refractivity contribution is 9.10. The van der Waals surface area contributed by atoms with Crippen LogP contribution in [0.1, 0.15) is 12.5 Å². The molecule has 80 valence electrons. The number of carbonyl (C=O) groups excluding carboxylic acids is 1. The predicted molar refractivity (Wildman–Crippen MR) is 59.0 cm³/mol. The molecule has 2 amide bonds. The number of nitrogens with two attached hydrogens (primary N) is 1. The summed E-state index contributed by atoms with van der Waals surface area (Å²) >= 11 is 3.19. The number of nitrogens with one attached hydrogen (secondary N) is 1. The van der Waals surface area contributed by atoms with E-state index in [1.807, 2.05) is 0 Å². The molecule has 0 heterocycles. The molecular formula is C9H9BrFN3O. The van der Waals surface area contributed by atoms with E-state index in [-0.39, 0.29) is 5.82 Å². The van der Waals surface area contributed by atoms with Crippen molar-refractivity contribution in [2.75, 3.05) is 0 Å². The number of primary amides is 1. The summed E-state index contributed by atoms with van der Waals surface area (Å²) in [5.41, 5.74) is 8.16. The largest absolute Gasteiger partial charge is 0.350 e. The van der Waals surface area contributed by atoms with Gasteiger partial charge < -0.3 is 5.73 Å². The van der Waals surface area contributed by atoms with Gasteiger partial charge in [-0.2, -0.15) is 5.10 Å². The zero-order valence-electron chi connectivity index (χ0n) is 7.92. The number of hydrogen-bond donors (Lipinski definition) is 2. The van der Waals surface area contributed by atoms with Crippen LogP contribution < -0.4 is 11.2 Å². The van der Waals surface area contributed by atoms with Crippen LogP contribution in [0, 0.1) is 5.82 Å². The molecule has 15 heavy (non-hydrogen) atoms. The van der Waals surface area contributed by atoms with Crippen molar-refractivity contribution >= 4 is 27.7 Å². The van der Waals surface area contributed by atoms with E-state index in [9.17, 15) is 9.18 Å². The molecule has 0 aromatic heterocycles. The molecule has 3 N–H and O–H groups in total. The number of amides is 2. The van der Waals surface area contributed by atoms with Crippen molar-refractivity contribution in [1.29, 1.82) is 0 Å². The summed E-state index contributed by atoms with van der Waals surface area (Å²) in [6, 6.07) is 3.44. The Kier molecular flexibility index (Phi) is 3.79. The van der Waals surface area contributed by atoms with Crippen LogP contribution in [0.15, 0.2) is 27.8 Å². The molecule has 0 saturated heterocycles. The highest BCUT2D eigenvalue weighted by Gasteiger charge is 2.04. The highest BCUT2D eigenvalue weighted by atomic mass is 79.9. The van der Waals surface area contributed by atoms with E-state index in [0.29, 0.717) is 15.7 Å². The summed E-state index contributed by atoms with van der Waals surface area (Å²) < 4.78 is 13.3. The summed E-state index contributed by atoms with van der Waals surface area (Å²) in [5, 5.41) is 3.72. The van der Waals surface area contributed by atoms with Gasteiger partial charge in [-0.25, -0.2) is 14.6 Å². The first-order chi connectivity index (χ1) is 7.00. The number of halogens is 2. The van der Waals surface area contributed by atoms with Gasteiger partial charge in [0.05, 0.1) is 5.71 Å². The van der Waals surface area contributed by atoms with Gasteiger partial charge in [0.25, 0.3) is 0 Å². The molecular weight excluding hydrogens is 265 g/mol. The van der Waals surface area contributed by atoms with Gasteiger partial charge in [0, 0.05) is 10.0 Å². The fourth-order valence-corrected chi connectivity index (χ4v) is 1.62. The first kappa shape index (κ1) is 11.6. The number of benzene rings is 1. The SMILES string of the molecule is C/C(=N/NC(N)=O)c1ccc(F)cc1Br. The van der Waals surface area contributed by atoms with E-state index in [1.165, 1.54) is 12.1 Å². The van der Waals surface area contributed by atoms with Crippen molar-refractivity contribution in [2.24, 2.45) is 10.8 Å². The first-order valence-electron chi connectivity index (χ1n) is 4.06. The van der Waals surface area contributed by atoms with Crippen molar-refractivity contribution in [1.82, 2.24) is 5.43 Å². The molecule has 1 aromatic rings. The summed E-state index contributed by atoms with van der Waals surface area (Å²) in [6.07, 6.45) is 0. The summed E-state index contributed by atoms with van der Waals surface area (Å²) in [5.74, 6) is -0.346. The van der Waals surface area contributed by atoms with Crippen LogP contribution in [0.3, 0.4) is 0 Å². The molecule has 1 rings (SSSR count). The fraction of sp³-hybridized carbons (Fsp3) is 0.111. The van der Waals surface area contributed by atoms with Crippen molar-refractivity contribution in [3.05, 3.63) is 34.1 Å². The quantitative estimate of drug-likeness (QED) is 0.628. The Bertz CT molecular complexity index is 420. The van der Waals surface area contributed by atoms with Crippen LogP contribution in [-0.4, -0.2) is 11.7 Å². The van der Waals surface area contributed by atoms with Crippen LogP contribution in [0.25, 0.3) is 0 Å². The second-order valence-corrected chi connectivity index (χ2v) is 3.65. The third kappa shape index (κ3) is 3.32. The number of carbonyl (C=O) groups is 1. The third-order valence-corrected chi connectivity index (χ3v) is 2.31. The van der Waals surface area contributed by atoms with Gasteiger partial charge in [-0.15, -0.1) is 0 Å². The number of hydrazone groups is 1. The van der Waals surface area contributed by atoms with E-state index in [2.05, 4.69) is 26.5 Å². The van der Waals surface area contributed by atoms with Gasteiger partial charge in [0.2, 0.25) is 0 Å². The lowest BCUT2D eigenvalue weighted by atomic mass is 10.1. The molecule has 0 saturated carbocycles. The Balaban J connectivity index is 2.95. The van der Waals surface area contributed by atoms with Gasteiger partial charge in [-0.1, -0.05) is 15.9 Å². The molecule has 0 atom stereocenters. The van der Waals surface area contributed by atoms with E-state index in [4.69, 9.17) is 5.73 Å². The molecule has 0 aliphatic carbocycles. The van der Waals surface area contributed by atoms with E-state index < -0.39 is 6.03 Å². The predicted octanol–water partition coefficient (Wildman–Crippen LogP) is 1.98. The van der Waals surface area contributed by atoms with Crippen LogP contribution in [-0.2, 0) is 0 Å². The first-order valence-corrected chi connectivity index (χ1v) is 4.85. The van der Waals surface area contributed by atoms with Gasteiger partial charge in [-0.3, -0.25) is 0 Å². The minimum Gasteiger partial charge on any atom is -0.350 e. The standard InChI is InChI=1S/C9H9BrFN3O/c1-5(13-14-9(12)15)7-3-2-6(11)4-8(7)10/h2-4H,1H3,(H3,12,14,15)/b13-5-. The zero-order chi connectivity index (χ0) is 11.4. The Hall–Kier alpha value is -1.43. The minimum atomic E-state index is -0.743. The smallest absolute Gasteiger partial charge is 0.332 e. The van der Waals surface area contributed by atoms with Gasteiger partial charge in [0.15, 0.2) is 0 Å². The zero-order valence-corrected chi connectivity index (χ0v) is 9.51. The van der Waals surface area contributed by atoms with Crippen molar-refractivity contribution in [3.63, 3.8) is 0 Å². The maximum absolute atomic E-state index is 12.8. The number of hydrogen-bond acceptors (Lipinski definition) is 2. The van der Waals surface area contributed by atoms with Gasteiger partial charge >= 0.3 is 6.03 Å². The Morgan fingerprint density at radius 3 is 2.80 bits per heavy atom. The molecule has 0 aliphatic rings. The Labute approximate surface area is 94.5 Å². The number of nitrogens with zero attached hydrogens (tertiary/aromatic N) is 1. The van der Waals surface area contributed by atoms with Crippen LogP contribution >= 0.6 is 15.9 Å². The summed E-state index contributed by atoms with van der Waals surface area (Å²) in [6.45, 7) is 1.67. The maximum atomic E-state index is 12.8. The third-order valence-electron chi connectivity index (χ3n) is 1.65. The van der Waals surface area contributed by atoms with E-state index in [0.717, 1.165) is 0 Å². The van der Waals surface area contributed by atoms with E-state index >= 15 is 0 Å². The molecule has 0 fully saturated rings. The fourth-order valence-electron chi connectivity index (χ4n) is 0.982. The highest BCUT2D eigenvalue weighted by Crippen LogP contribution is 2.18. The molecule has 0 spiro atoms. The molecule has 1 aromatic carbocycles. The second kappa shape index (κ2) is 4.88. The lowest BCUT2D eigenvalue weighted by molar-refractivity contribution is 0.249. The average molecular weight is 274 g/mol. The molecule has 0 unspecified atom stereocenters. The lowest BCUT2D eigenvalue weighted by Crippen LogP contribution is -2.25. The van der Waals surface area contributed by atoms with Crippen LogP contribution in [0.5, 0.6) is 0 Å². The van der Waals surface area contributed by atoms with Gasteiger partial charge in [0.1, 0.15) is 5.82 Å². The molecule has 6 heteroatoms. The van der Waals surface area contributed by atoms with Crippen molar-refractivity contribution in [2.45, 2.75) is 6.92 Å². The second-order valence-electron chi connectivity index (χ2n) is 2.80. The number of rotatable bonds is 2. The monoisotopic (exact) mass is 273 g/mol. The summed E-state index contributed by atoms with van der Waals surface area (Å²) in [7, 11) is 0. The Morgan fingerprint density at radius 1 is 1.60 bits per heavy atom. The number of urea groups is 1. The van der Waals surface area contributed by atoms with Crippen molar-refractivity contribution < 1.29 is 9.18 Å². The Morgan fingerprint density at radius 2 is 2.27 bits per heavy atom. The van der Waals surface area contributed by atoms with Crippen LogP contribution in [0.4, 0.5) is 9.18 Å². The topological polar surface area (TPSA) is 67.5 Å². The molecule has 0 aliphatic heterocycles. The average Bonchev–Trinajstić information content (AvgIpc) is 2.14. The lowest BCUT2D eigenvalue weighted by Gasteiger charge is -2.03. The van der Waals surface area contributed by atoms with Crippen molar-refractivity contribution in [3.8, 4) is 0 Å². The minimum absolute atomic E-state index is 0.346. The molecule has 4 nitrogen and oxygen atoms in total. The van der Waals surface area contributed by atoms with E-state index in [1.54, 1.807) is 13.0 Å². The van der Waals surface area contributed by atoms with Gasteiger partial charge in [-0.05, 0) is 25.1 Å².